The molecule has 1 aromatic heterocycles. The molecule has 5 nitrogen and oxygen atoms in total. The molecule has 0 fully saturated rings. The molecule has 0 aliphatic carbocycles. The maximum Gasteiger partial charge on any atom is 0.339 e. The quantitative estimate of drug-likeness (QED) is 0.250. The molecule has 2 aromatic carbocycles. The van der Waals surface area contributed by atoms with Gasteiger partial charge in [0.2, 0.25) is 13.2 Å². The van der Waals surface area contributed by atoms with Crippen molar-refractivity contribution in [1.82, 2.24) is 4.98 Å². The zero-order valence-corrected chi connectivity index (χ0v) is 19.4. The number of ether oxygens (including phenoxy) is 1. The Bertz CT molecular complexity index is 1220. The van der Waals surface area contributed by atoms with Crippen LogP contribution < -0.4 is 4.74 Å². The van der Waals surface area contributed by atoms with Crippen molar-refractivity contribution in [2.75, 3.05) is 7.11 Å². The number of carbonyl (C=O) groups is 1. The third kappa shape index (κ3) is 4.19. The molecular weight excluding hydrogens is 428 g/mol. The minimum Gasteiger partial charge on any atom is -0.422 e. The average Bonchev–Trinajstić information content (AvgIpc) is 2.79. The van der Waals surface area contributed by atoms with Crippen LogP contribution in [0.5, 0.6) is 5.75 Å². The van der Waals surface area contributed by atoms with E-state index in [4.69, 9.17) is 20.7 Å². The molecule has 0 aliphatic heterocycles. The predicted octanol–water partition coefficient (Wildman–Crippen LogP) is 5.97. The van der Waals surface area contributed by atoms with Gasteiger partial charge in [0.05, 0.1) is 5.52 Å². The van der Waals surface area contributed by atoms with Crippen molar-refractivity contribution in [3.63, 3.8) is 0 Å². The second-order valence-electron chi connectivity index (χ2n) is 7.67. The highest BCUT2D eigenvalue weighted by atomic mass is 31.1. The Morgan fingerprint density at radius 2 is 1.88 bits per heavy atom. The smallest absolute Gasteiger partial charge is 0.339 e. The minimum absolute atomic E-state index is 0.0498. The highest BCUT2D eigenvalue weighted by Gasteiger charge is 2.44. The van der Waals surface area contributed by atoms with Gasteiger partial charge < -0.3 is 9.26 Å². The van der Waals surface area contributed by atoms with E-state index in [0.29, 0.717) is 16.8 Å². The summed E-state index contributed by atoms with van der Waals surface area (Å²) in [5, 5.41) is -0.891. The van der Waals surface area contributed by atoms with Crippen LogP contribution in [-0.2, 0) is 13.9 Å². The molecule has 0 radical (unpaired) electrons. The number of pyridine rings is 1. The number of hydrogen-bond acceptors (Lipinski definition) is 5. The van der Waals surface area contributed by atoms with Crippen LogP contribution >= 0.6 is 8.03 Å². The number of rotatable bonds is 7. The van der Waals surface area contributed by atoms with Gasteiger partial charge in [0.1, 0.15) is 11.5 Å². The fourth-order valence-corrected chi connectivity index (χ4v) is 4.62. The van der Waals surface area contributed by atoms with Gasteiger partial charge in [0.15, 0.2) is 5.75 Å². The summed E-state index contributed by atoms with van der Waals surface area (Å²) < 4.78 is 37.1. The Hall–Kier alpha value is -3.00. The summed E-state index contributed by atoms with van der Waals surface area (Å²) in [6.45, 7) is 5.60. The number of fused-ring (bicyclic) bond motifs is 1. The van der Waals surface area contributed by atoms with Gasteiger partial charge in [-0.3, -0.25) is 4.57 Å². The number of halogens is 1. The molecule has 3 rings (SSSR count). The van der Waals surface area contributed by atoms with E-state index >= 15 is 0 Å². The van der Waals surface area contributed by atoms with E-state index in [1.165, 1.54) is 19.2 Å². The molecule has 7 heteroatoms. The zero-order valence-electron chi connectivity index (χ0n) is 18.4. The number of aromatic nitrogens is 1. The van der Waals surface area contributed by atoms with Gasteiger partial charge in [0, 0.05) is 23.6 Å². The van der Waals surface area contributed by atoms with Gasteiger partial charge in [-0.15, -0.1) is 6.42 Å². The third-order valence-corrected chi connectivity index (χ3v) is 7.20. The lowest BCUT2D eigenvalue weighted by atomic mass is 9.94. The number of hydrogen-bond donors (Lipinski definition) is 0. The van der Waals surface area contributed by atoms with Crippen molar-refractivity contribution in [2.24, 2.45) is 0 Å². The summed E-state index contributed by atoms with van der Waals surface area (Å²) in [5.41, 5.74) is 2.41. The van der Waals surface area contributed by atoms with E-state index in [1.54, 1.807) is 19.1 Å². The first-order valence-corrected chi connectivity index (χ1v) is 11.6. The van der Waals surface area contributed by atoms with Crippen LogP contribution in [0.2, 0.25) is 0 Å². The number of nitrogens with zero attached hydrogens (tertiary/aromatic N) is 1. The third-order valence-electron chi connectivity index (χ3n) is 5.43. The van der Waals surface area contributed by atoms with Crippen LogP contribution in [0.1, 0.15) is 38.7 Å². The Balaban J connectivity index is 2.30. The van der Waals surface area contributed by atoms with E-state index in [9.17, 15) is 13.8 Å². The largest absolute Gasteiger partial charge is 0.422 e. The molecular formula is C25H25FNO4P. The van der Waals surface area contributed by atoms with Crippen molar-refractivity contribution in [1.29, 1.82) is 0 Å². The molecule has 2 unspecified atom stereocenters. The summed E-state index contributed by atoms with van der Waals surface area (Å²) in [5.74, 6) is 1.29. The van der Waals surface area contributed by atoms with Crippen LogP contribution in [0.3, 0.4) is 0 Å². The Kier molecular flexibility index (Phi) is 7.13. The highest BCUT2D eigenvalue weighted by molar-refractivity contribution is 7.43. The Morgan fingerprint density at radius 3 is 2.44 bits per heavy atom. The fraction of sp³-hybridized carbons (Fsp3) is 0.280. The van der Waals surface area contributed by atoms with Crippen molar-refractivity contribution >= 4 is 24.9 Å². The van der Waals surface area contributed by atoms with Crippen LogP contribution in [0.4, 0.5) is 4.39 Å². The summed E-state index contributed by atoms with van der Waals surface area (Å²) in [4.78, 5) is 18.1. The van der Waals surface area contributed by atoms with Gasteiger partial charge in [0.25, 0.3) is 0 Å². The second-order valence-corrected chi connectivity index (χ2v) is 9.50. The number of benzene rings is 2. The van der Waals surface area contributed by atoms with E-state index in [0.717, 1.165) is 10.9 Å². The van der Waals surface area contributed by atoms with Gasteiger partial charge in [-0.2, -0.15) is 0 Å². The average molecular weight is 453 g/mol. The maximum absolute atomic E-state index is 13.6. The van der Waals surface area contributed by atoms with Crippen molar-refractivity contribution in [3.8, 4) is 29.4 Å². The lowest BCUT2D eigenvalue weighted by molar-refractivity contribution is -0.136. The first-order valence-electron chi connectivity index (χ1n) is 10.3. The first-order chi connectivity index (χ1) is 15.3. The van der Waals surface area contributed by atoms with E-state index in [1.807, 2.05) is 38.1 Å². The molecule has 0 N–H and O–H groups in total. The van der Waals surface area contributed by atoms with Crippen molar-refractivity contribution in [3.05, 3.63) is 59.9 Å². The van der Waals surface area contributed by atoms with E-state index < -0.39 is 25.0 Å². The van der Waals surface area contributed by atoms with E-state index in [-0.39, 0.29) is 18.1 Å². The zero-order chi connectivity index (χ0) is 23.5. The van der Waals surface area contributed by atoms with Crippen LogP contribution in [0, 0.1) is 18.2 Å². The summed E-state index contributed by atoms with van der Waals surface area (Å²) in [6.07, 6.45) is 5.72. The number of esters is 1. The first kappa shape index (κ1) is 23.7. The topological polar surface area (TPSA) is 65.5 Å². The molecule has 2 atom stereocenters. The Morgan fingerprint density at radius 1 is 1.22 bits per heavy atom. The number of para-hydroxylation sites is 1. The molecule has 32 heavy (non-hydrogen) atoms. The number of terminal acetylenes is 1. The molecule has 0 spiro atoms. The summed E-state index contributed by atoms with van der Waals surface area (Å²) in [7, 11) is -1.69. The monoisotopic (exact) mass is 453 g/mol. The van der Waals surface area contributed by atoms with Gasteiger partial charge in [-0.25, -0.2) is 14.2 Å². The van der Waals surface area contributed by atoms with E-state index in [2.05, 4.69) is 5.92 Å². The minimum atomic E-state index is -2.93. The molecule has 3 aromatic rings. The lowest BCUT2D eigenvalue weighted by Gasteiger charge is -2.25. The second kappa shape index (κ2) is 9.65. The van der Waals surface area contributed by atoms with Crippen LogP contribution in [0.25, 0.3) is 22.2 Å². The molecule has 0 saturated carbocycles. The van der Waals surface area contributed by atoms with Crippen LogP contribution in [-0.4, -0.2) is 23.2 Å². The lowest BCUT2D eigenvalue weighted by Crippen LogP contribution is -2.37. The maximum atomic E-state index is 13.6. The van der Waals surface area contributed by atoms with Crippen LogP contribution in [0.15, 0.2) is 48.5 Å². The molecule has 0 bridgehead atoms. The van der Waals surface area contributed by atoms with Gasteiger partial charge in [-0.1, -0.05) is 44.9 Å². The summed E-state index contributed by atoms with van der Waals surface area (Å²) >= 11 is 0. The summed E-state index contributed by atoms with van der Waals surface area (Å²) in [6, 6.07) is 13.3. The molecule has 0 saturated heterocycles. The highest BCUT2D eigenvalue weighted by Crippen LogP contribution is 2.45. The Labute approximate surface area is 187 Å². The normalized spacial score (nSPS) is 14.0. The standard InChI is InChI=1S/C25H25FNO4P/c1-6-25(7-2,32(29)30-5)24(28)31-23-21(16(3)4)19-10-8-9-11-20(19)27-22(23)17-12-14-18(26)15-13-17/h1,8-16,32H,7H2,2-5H3. The number of carbonyl (C=O) groups excluding carboxylic acids is 1. The predicted molar refractivity (Wildman–Crippen MR) is 125 cm³/mol. The fourth-order valence-electron chi connectivity index (χ4n) is 3.65. The molecule has 0 aliphatic rings. The van der Waals surface area contributed by atoms with Crippen molar-refractivity contribution in [2.45, 2.75) is 38.3 Å². The van der Waals surface area contributed by atoms with Gasteiger partial charge in [-0.05, 0) is 42.7 Å². The molecule has 0 amide bonds. The molecule has 166 valence electrons. The van der Waals surface area contributed by atoms with Crippen molar-refractivity contribution < 1.29 is 23.0 Å². The van der Waals surface area contributed by atoms with Gasteiger partial charge >= 0.3 is 5.97 Å². The SMILES string of the molecule is C#CC(CC)(C(=O)Oc1c(-c2ccc(F)cc2)nc2ccccc2c1C(C)C)[PH](=O)OC. The molecule has 1 heterocycles.